The van der Waals surface area contributed by atoms with Crippen LogP contribution in [0.25, 0.3) is 22.7 Å². The number of nitrogens with zero attached hydrogens (tertiary/aromatic N) is 3. The van der Waals surface area contributed by atoms with E-state index < -0.39 is 0 Å². The molecule has 132 valence electrons. The summed E-state index contributed by atoms with van der Waals surface area (Å²) in [5.41, 5.74) is 5.35. The minimum atomic E-state index is 0.436. The zero-order valence-corrected chi connectivity index (χ0v) is 14.9. The summed E-state index contributed by atoms with van der Waals surface area (Å²) in [6.07, 6.45) is 3.04. The Bertz CT molecular complexity index is 1020. The van der Waals surface area contributed by atoms with E-state index in [1.807, 2.05) is 24.3 Å². The molecule has 0 bridgehead atoms. The van der Waals surface area contributed by atoms with Gasteiger partial charge < -0.3 is 4.42 Å². The number of hydrogen-bond donors (Lipinski definition) is 0. The number of allylic oxidation sites excluding steroid dienone is 1. The van der Waals surface area contributed by atoms with E-state index in [0.29, 0.717) is 23.9 Å². The van der Waals surface area contributed by atoms with Crippen molar-refractivity contribution < 1.29 is 4.42 Å². The fourth-order valence-corrected chi connectivity index (χ4v) is 2.93. The number of aromatic nitrogens is 3. The molecule has 2 heterocycles. The lowest BCUT2D eigenvalue weighted by atomic mass is 10.00. The summed E-state index contributed by atoms with van der Waals surface area (Å²) in [7, 11) is 0. The molecular weight excluding hydrogens is 334 g/mol. The van der Waals surface area contributed by atoms with E-state index in [4.69, 9.17) is 4.42 Å². The average Bonchev–Trinajstić information content (AvgIpc) is 3.18. The summed E-state index contributed by atoms with van der Waals surface area (Å²) >= 11 is 0. The van der Waals surface area contributed by atoms with Crippen molar-refractivity contribution in [2.75, 3.05) is 0 Å². The van der Waals surface area contributed by atoms with Crippen LogP contribution >= 0.6 is 0 Å². The molecule has 4 heteroatoms. The Morgan fingerprint density at radius 1 is 0.778 bits per heavy atom. The fraction of sp³-hybridized carbons (Fsp3) is 0.0870. The number of benzene rings is 2. The van der Waals surface area contributed by atoms with E-state index in [2.05, 4.69) is 70.3 Å². The standard InChI is InChI=1S/C23H19N3O/c1-17(16-22-25-26-23(27-22)21-9-5-6-14-24-21)15-18-10-12-20(13-11-18)19-7-3-2-4-8-19/h2-14H,1,15-16H2. The molecule has 0 atom stereocenters. The molecule has 0 aliphatic heterocycles. The Labute approximate surface area is 158 Å². The second-order valence-electron chi connectivity index (χ2n) is 6.38. The van der Waals surface area contributed by atoms with Gasteiger partial charge in [-0.15, -0.1) is 10.2 Å². The third kappa shape index (κ3) is 4.18. The van der Waals surface area contributed by atoms with E-state index in [0.717, 1.165) is 12.0 Å². The Morgan fingerprint density at radius 2 is 1.52 bits per heavy atom. The van der Waals surface area contributed by atoms with Gasteiger partial charge >= 0.3 is 0 Å². The Hall–Kier alpha value is -3.53. The molecule has 2 aromatic carbocycles. The Balaban J connectivity index is 1.39. The molecule has 4 rings (SSSR count). The topological polar surface area (TPSA) is 51.8 Å². The van der Waals surface area contributed by atoms with Crippen molar-refractivity contribution in [1.82, 2.24) is 15.2 Å². The van der Waals surface area contributed by atoms with Crippen LogP contribution in [-0.2, 0) is 12.8 Å². The smallest absolute Gasteiger partial charge is 0.266 e. The molecule has 0 N–H and O–H groups in total. The predicted octanol–water partition coefficient (Wildman–Crippen LogP) is 5.14. The first kappa shape index (κ1) is 16.9. The monoisotopic (exact) mass is 353 g/mol. The SMILES string of the molecule is C=C(Cc1ccc(-c2ccccc2)cc1)Cc1nnc(-c2ccccn2)o1. The molecule has 4 aromatic rings. The maximum atomic E-state index is 5.71. The molecule has 4 nitrogen and oxygen atoms in total. The summed E-state index contributed by atoms with van der Waals surface area (Å²) in [4.78, 5) is 4.22. The van der Waals surface area contributed by atoms with Crippen LogP contribution in [-0.4, -0.2) is 15.2 Å². The number of pyridine rings is 1. The first-order valence-corrected chi connectivity index (χ1v) is 8.83. The largest absolute Gasteiger partial charge is 0.419 e. The predicted molar refractivity (Wildman–Crippen MR) is 106 cm³/mol. The molecule has 0 fully saturated rings. The van der Waals surface area contributed by atoms with Crippen LogP contribution in [0.4, 0.5) is 0 Å². The van der Waals surface area contributed by atoms with Crippen LogP contribution in [0.3, 0.4) is 0 Å². The fourth-order valence-electron chi connectivity index (χ4n) is 2.93. The Morgan fingerprint density at radius 3 is 2.26 bits per heavy atom. The molecular formula is C23H19N3O. The minimum Gasteiger partial charge on any atom is -0.419 e. The van der Waals surface area contributed by atoms with Crippen LogP contribution in [0.2, 0.25) is 0 Å². The molecule has 0 saturated carbocycles. The highest BCUT2D eigenvalue weighted by atomic mass is 16.4. The third-order valence-electron chi connectivity index (χ3n) is 4.27. The van der Waals surface area contributed by atoms with Gasteiger partial charge in [0.15, 0.2) is 0 Å². The minimum absolute atomic E-state index is 0.436. The van der Waals surface area contributed by atoms with Gasteiger partial charge in [-0.1, -0.05) is 72.8 Å². The lowest BCUT2D eigenvalue weighted by Gasteiger charge is -2.06. The van der Waals surface area contributed by atoms with Crippen molar-refractivity contribution in [3.8, 4) is 22.7 Å². The second kappa shape index (κ2) is 7.79. The van der Waals surface area contributed by atoms with Crippen LogP contribution in [0.15, 0.2) is 95.6 Å². The van der Waals surface area contributed by atoms with Crippen molar-refractivity contribution in [3.63, 3.8) is 0 Å². The number of rotatable bonds is 6. The van der Waals surface area contributed by atoms with Crippen LogP contribution in [0.5, 0.6) is 0 Å². The quantitative estimate of drug-likeness (QED) is 0.450. The van der Waals surface area contributed by atoms with Crippen molar-refractivity contribution in [2.45, 2.75) is 12.8 Å². The maximum absolute atomic E-state index is 5.71. The zero-order valence-electron chi connectivity index (χ0n) is 14.9. The van der Waals surface area contributed by atoms with E-state index >= 15 is 0 Å². The lowest BCUT2D eigenvalue weighted by molar-refractivity contribution is 0.514. The van der Waals surface area contributed by atoms with Gasteiger partial charge in [-0.2, -0.15) is 0 Å². The summed E-state index contributed by atoms with van der Waals surface area (Å²) in [6, 6.07) is 24.5. The van der Waals surface area contributed by atoms with Crippen molar-refractivity contribution in [1.29, 1.82) is 0 Å². The van der Waals surface area contributed by atoms with Gasteiger partial charge in [-0.3, -0.25) is 4.98 Å². The first-order chi connectivity index (χ1) is 13.3. The zero-order chi connectivity index (χ0) is 18.5. The first-order valence-electron chi connectivity index (χ1n) is 8.83. The molecule has 0 amide bonds. The van der Waals surface area contributed by atoms with E-state index in [-0.39, 0.29) is 0 Å². The van der Waals surface area contributed by atoms with Gasteiger partial charge in [0.05, 0.1) is 0 Å². The summed E-state index contributed by atoms with van der Waals surface area (Å²) in [5, 5.41) is 8.18. The highest BCUT2D eigenvalue weighted by molar-refractivity contribution is 5.63. The third-order valence-corrected chi connectivity index (χ3v) is 4.27. The second-order valence-corrected chi connectivity index (χ2v) is 6.38. The van der Waals surface area contributed by atoms with E-state index in [9.17, 15) is 0 Å². The molecule has 27 heavy (non-hydrogen) atoms. The van der Waals surface area contributed by atoms with Crippen LogP contribution in [0.1, 0.15) is 11.5 Å². The van der Waals surface area contributed by atoms with Gasteiger partial charge in [0, 0.05) is 12.6 Å². The van der Waals surface area contributed by atoms with Gasteiger partial charge in [0.2, 0.25) is 5.89 Å². The van der Waals surface area contributed by atoms with Gasteiger partial charge in [0.25, 0.3) is 5.89 Å². The van der Waals surface area contributed by atoms with E-state index in [1.165, 1.54) is 16.7 Å². The lowest BCUT2D eigenvalue weighted by Crippen LogP contribution is -1.94. The maximum Gasteiger partial charge on any atom is 0.266 e. The molecule has 0 saturated heterocycles. The van der Waals surface area contributed by atoms with Gasteiger partial charge in [0.1, 0.15) is 5.69 Å². The highest BCUT2D eigenvalue weighted by Crippen LogP contribution is 2.21. The normalized spacial score (nSPS) is 10.7. The van der Waals surface area contributed by atoms with Gasteiger partial charge in [-0.05, 0) is 35.2 Å². The molecule has 0 spiro atoms. The Kier molecular flexibility index (Phi) is 4.88. The summed E-state index contributed by atoms with van der Waals surface area (Å²) < 4.78 is 5.71. The van der Waals surface area contributed by atoms with Crippen molar-refractivity contribution >= 4 is 0 Å². The average molecular weight is 353 g/mol. The molecule has 0 radical (unpaired) electrons. The summed E-state index contributed by atoms with van der Waals surface area (Å²) in [5.74, 6) is 0.993. The molecule has 0 unspecified atom stereocenters. The molecule has 0 aliphatic carbocycles. The molecule has 0 aliphatic rings. The van der Waals surface area contributed by atoms with Crippen molar-refractivity contribution in [2.24, 2.45) is 0 Å². The van der Waals surface area contributed by atoms with E-state index in [1.54, 1.807) is 6.20 Å². The van der Waals surface area contributed by atoms with Crippen molar-refractivity contribution in [3.05, 3.63) is 103 Å². The summed E-state index contributed by atoms with van der Waals surface area (Å²) in [6.45, 7) is 4.16. The van der Waals surface area contributed by atoms with Gasteiger partial charge in [-0.25, -0.2) is 0 Å². The van der Waals surface area contributed by atoms with Crippen LogP contribution in [0, 0.1) is 0 Å². The number of hydrogen-bond acceptors (Lipinski definition) is 4. The highest BCUT2D eigenvalue weighted by Gasteiger charge is 2.10. The van der Waals surface area contributed by atoms with Crippen LogP contribution < -0.4 is 0 Å². The molecule has 2 aromatic heterocycles.